The normalized spacial score (nSPS) is 16.5. The number of hydrogen-bond donors (Lipinski definition) is 1. The van der Waals surface area contributed by atoms with E-state index in [4.69, 9.17) is 5.11 Å². The van der Waals surface area contributed by atoms with Crippen molar-refractivity contribution in [3.63, 3.8) is 0 Å². The predicted molar refractivity (Wildman–Crippen MR) is 55.2 cm³/mol. The summed E-state index contributed by atoms with van der Waals surface area (Å²) in [4.78, 5) is 12.6. The molecule has 0 spiro atoms. The second kappa shape index (κ2) is 5.50. The summed E-state index contributed by atoms with van der Waals surface area (Å²) in [6, 6.07) is 0.563. The van der Waals surface area contributed by atoms with Crippen LogP contribution in [0.15, 0.2) is 0 Å². The van der Waals surface area contributed by atoms with Gasteiger partial charge < -0.3 is 5.11 Å². The van der Waals surface area contributed by atoms with E-state index < -0.39 is 5.97 Å². The number of aliphatic carboxylic acids is 1. The number of rotatable bonds is 7. The van der Waals surface area contributed by atoms with Gasteiger partial charge >= 0.3 is 5.97 Å². The van der Waals surface area contributed by atoms with Gasteiger partial charge in [0.15, 0.2) is 0 Å². The zero-order chi connectivity index (χ0) is 9.68. The van der Waals surface area contributed by atoms with E-state index in [0.29, 0.717) is 6.04 Å². The van der Waals surface area contributed by atoms with Crippen LogP contribution in [0.3, 0.4) is 0 Å². The molecule has 0 atom stereocenters. The second-order valence-electron chi connectivity index (χ2n) is 3.29. The van der Waals surface area contributed by atoms with Crippen LogP contribution < -0.4 is 0 Å². The molecule has 13 heavy (non-hydrogen) atoms. The maximum Gasteiger partial charge on any atom is 0.317 e. The monoisotopic (exact) mass is 203 g/mol. The molecule has 4 heteroatoms. The molecule has 1 rings (SSSR count). The number of nitrogens with zero attached hydrogens (tertiary/aromatic N) is 1. The van der Waals surface area contributed by atoms with Crippen molar-refractivity contribution < 1.29 is 9.90 Å². The van der Waals surface area contributed by atoms with E-state index in [1.165, 1.54) is 12.8 Å². The Balaban J connectivity index is 2.17. The third-order valence-corrected chi connectivity index (χ3v) is 3.01. The fraction of sp³-hybridized carbons (Fsp3) is 0.889. The van der Waals surface area contributed by atoms with Gasteiger partial charge in [-0.2, -0.15) is 11.8 Å². The summed E-state index contributed by atoms with van der Waals surface area (Å²) in [5.74, 6) is 1.47. The lowest BCUT2D eigenvalue weighted by Crippen LogP contribution is -2.33. The molecule has 0 amide bonds. The van der Waals surface area contributed by atoms with Crippen LogP contribution in [0.1, 0.15) is 19.8 Å². The summed E-state index contributed by atoms with van der Waals surface area (Å²) >= 11 is 1.87. The molecule has 0 heterocycles. The van der Waals surface area contributed by atoms with Gasteiger partial charge in [0.25, 0.3) is 0 Å². The highest BCUT2D eigenvalue weighted by Crippen LogP contribution is 2.26. The topological polar surface area (TPSA) is 40.5 Å². The molecule has 0 radical (unpaired) electrons. The highest BCUT2D eigenvalue weighted by atomic mass is 32.2. The molecule has 1 saturated carbocycles. The minimum Gasteiger partial charge on any atom is -0.480 e. The van der Waals surface area contributed by atoms with Crippen LogP contribution in [0.2, 0.25) is 0 Å². The molecular formula is C9H17NO2S. The smallest absolute Gasteiger partial charge is 0.317 e. The molecule has 0 aliphatic heterocycles. The maximum atomic E-state index is 10.5. The Morgan fingerprint density at radius 1 is 1.62 bits per heavy atom. The van der Waals surface area contributed by atoms with Gasteiger partial charge in [-0.25, -0.2) is 0 Å². The summed E-state index contributed by atoms with van der Waals surface area (Å²) in [6.45, 7) is 3.27. The van der Waals surface area contributed by atoms with Crippen LogP contribution in [0, 0.1) is 0 Å². The van der Waals surface area contributed by atoms with E-state index in [-0.39, 0.29) is 6.54 Å². The van der Waals surface area contributed by atoms with Crippen LogP contribution in [-0.4, -0.2) is 46.6 Å². The number of carboxylic acid groups (broad SMARTS) is 1. The fourth-order valence-electron chi connectivity index (χ4n) is 1.33. The molecule has 1 fully saturated rings. The molecule has 1 N–H and O–H groups in total. The van der Waals surface area contributed by atoms with Gasteiger partial charge in [-0.15, -0.1) is 0 Å². The molecule has 0 aromatic rings. The van der Waals surface area contributed by atoms with Crippen LogP contribution in [-0.2, 0) is 4.79 Å². The highest BCUT2D eigenvalue weighted by Gasteiger charge is 2.29. The molecule has 0 saturated heterocycles. The van der Waals surface area contributed by atoms with E-state index in [9.17, 15) is 4.79 Å². The fourth-order valence-corrected chi connectivity index (χ4v) is 1.98. The van der Waals surface area contributed by atoms with E-state index in [2.05, 4.69) is 11.8 Å². The Kier molecular flexibility index (Phi) is 4.59. The molecule has 0 aromatic heterocycles. The lowest BCUT2D eigenvalue weighted by Gasteiger charge is -2.18. The number of carboxylic acids is 1. The van der Waals surface area contributed by atoms with Crippen molar-refractivity contribution in [2.24, 2.45) is 0 Å². The minimum absolute atomic E-state index is 0.217. The number of carbonyl (C=O) groups is 1. The first-order valence-corrected chi connectivity index (χ1v) is 5.93. The van der Waals surface area contributed by atoms with E-state index in [0.717, 1.165) is 18.1 Å². The summed E-state index contributed by atoms with van der Waals surface area (Å²) in [5, 5.41) is 8.67. The third kappa shape index (κ3) is 4.52. The van der Waals surface area contributed by atoms with Crippen LogP contribution >= 0.6 is 11.8 Å². The Morgan fingerprint density at radius 3 is 2.77 bits per heavy atom. The lowest BCUT2D eigenvalue weighted by molar-refractivity contribution is -0.138. The predicted octanol–water partition coefficient (Wildman–Crippen LogP) is 1.29. The van der Waals surface area contributed by atoms with Gasteiger partial charge in [0.05, 0.1) is 6.54 Å². The van der Waals surface area contributed by atoms with Crippen molar-refractivity contribution in [1.29, 1.82) is 0 Å². The SMILES string of the molecule is CCSCCN(CC(=O)O)C1CC1. The third-order valence-electron chi connectivity index (χ3n) is 2.13. The van der Waals surface area contributed by atoms with Crippen LogP contribution in [0.5, 0.6) is 0 Å². The standard InChI is InChI=1S/C9H17NO2S/c1-2-13-6-5-10(7-9(11)12)8-3-4-8/h8H,2-7H2,1H3,(H,11,12). The van der Waals surface area contributed by atoms with Crippen molar-refractivity contribution in [1.82, 2.24) is 4.90 Å². The van der Waals surface area contributed by atoms with Crippen molar-refractivity contribution in [3.8, 4) is 0 Å². The average molecular weight is 203 g/mol. The molecular weight excluding hydrogens is 186 g/mol. The highest BCUT2D eigenvalue weighted by molar-refractivity contribution is 7.99. The Bertz CT molecular complexity index is 171. The van der Waals surface area contributed by atoms with Crippen LogP contribution in [0.25, 0.3) is 0 Å². The van der Waals surface area contributed by atoms with E-state index in [1.807, 2.05) is 11.8 Å². The van der Waals surface area contributed by atoms with E-state index >= 15 is 0 Å². The Labute approximate surface area is 83.5 Å². The van der Waals surface area contributed by atoms with Crippen molar-refractivity contribution in [3.05, 3.63) is 0 Å². The Morgan fingerprint density at radius 2 is 2.31 bits per heavy atom. The largest absolute Gasteiger partial charge is 0.480 e. The first-order chi connectivity index (χ1) is 6.24. The van der Waals surface area contributed by atoms with E-state index in [1.54, 1.807) is 0 Å². The van der Waals surface area contributed by atoms with Gasteiger partial charge in [0, 0.05) is 18.3 Å². The minimum atomic E-state index is -0.701. The first kappa shape index (κ1) is 10.9. The average Bonchev–Trinajstić information content (AvgIpc) is 2.84. The van der Waals surface area contributed by atoms with Crippen molar-refractivity contribution >= 4 is 17.7 Å². The van der Waals surface area contributed by atoms with Crippen LogP contribution in [0.4, 0.5) is 0 Å². The molecule has 1 aliphatic rings. The summed E-state index contributed by atoms with van der Waals surface area (Å²) in [6.07, 6.45) is 2.37. The first-order valence-electron chi connectivity index (χ1n) is 4.77. The quantitative estimate of drug-likeness (QED) is 0.633. The van der Waals surface area contributed by atoms with Gasteiger partial charge in [0.1, 0.15) is 0 Å². The molecule has 3 nitrogen and oxygen atoms in total. The Hall–Kier alpha value is -0.220. The summed E-state index contributed by atoms with van der Waals surface area (Å²) in [5.41, 5.74) is 0. The van der Waals surface area contributed by atoms with Crippen molar-refractivity contribution in [2.75, 3.05) is 24.6 Å². The van der Waals surface area contributed by atoms with Gasteiger partial charge in [-0.1, -0.05) is 6.92 Å². The molecule has 1 aliphatic carbocycles. The second-order valence-corrected chi connectivity index (χ2v) is 4.69. The number of thioether (sulfide) groups is 1. The molecule has 0 bridgehead atoms. The summed E-state index contributed by atoms with van der Waals surface area (Å²) in [7, 11) is 0. The zero-order valence-corrected chi connectivity index (χ0v) is 8.85. The molecule has 0 aromatic carbocycles. The molecule has 0 unspecified atom stereocenters. The van der Waals surface area contributed by atoms with Gasteiger partial charge in [-0.05, 0) is 18.6 Å². The number of hydrogen-bond acceptors (Lipinski definition) is 3. The van der Waals surface area contributed by atoms with Gasteiger partial charge in [-0.3, -0.25) is 9.69 Å². The molecule has 76 valence electrons. The van der Waals surface area contributed by atoms with Gasteiger partial charge in [0.2, 0.25) is 0 Å². The maximum absolute atomic E-state index is 10.5. The zero-order valence-electron chi connectivity index (χ0n) is 8.03. The summed E-state index contributed by atoms with van der Waals surface area (Å²) < 4.78 is 0. The lowest BCUT2D eigenvalue weighted by atomic mass is 10.4. The van der Waals surface area contributed by atoms with Crippen molar-refractivity contribution in [2.45, 2.75) is 25.8 Å².